The van der Waals surface area contributed by atoms with E-state index in [0.717, 1.165) is 18.5 Å². The van der Waals surface area contributed by atoms with Gasteiger partial charge in [0.05, 0.1) is 5.69 Å². The van der Waals surface area contributed by atoms with E-state index in [1.165, 1.54) is 83.5 Å². The molecule has 1 aromatic rings. The molecular formula is C22H38N2O. The summed E-state index contributed by atoms with van der Waals surface area (Å²) in [5.74, 6) is 0. The predicted molar refractivity (Wildman–Crippen MR) is 107 cm³/mol. The first-order valence-electron chi connectivity index (χ1n) is 10.5. The highest BCUT2D eigenvalue weighted by Gasteiger charge is 2.04. The summed E-state index contributed by atoms with van der Waals surface area (Å²) in [4.78, 5) is 4.24. The average Bonchev–Trinajstić information content (AvgIpc) is 2.66. The van der Waals surface area contributed by atoms with Gasteiger partial charge in [-0.05, 0) is 25.0 Å². The van der Waals surface area contributed by atoms with Crippen molar-refractivity contribution in [3.63, 3.8) is 0 Å². The van der Waals surface area contributed by atoms with Gasteiger partial charge in [0, 0.05) is 6.20 Å². The van der Waals surface area contributed by atoms with Crippen molar-refractivity contribution in [1.29, 1.82) is 0 Å². The Morgan fingerprint density at radius 3 is 1.76 bits per heavy atom. The molecule has 0 aliphatic carbocycles. The summed E-state index contributed by atoms with van der Waals surface area (Å²) in [6.45, 7) is 2.28. The largest absolute Gasteiger partial charge is 0.411 e. The Morgan fingerprint density at radius 2 is 1.32 bits per heavy atom. The smallest absolute Gasteiger partial charge is 0.105 e. The third kappa shape index (κ3) is 11.7. The number of nitrogens with zero attached hydrogens (tertiary/aromatic N) is 2. The lowest BCUT2D eigenvalue weighted by molar-refractivity contribution is 0.317. The lowest BCUT2D eigenvalue weighted by Gasteiger charge is -2.05. The highest BCUT2D eigenvalue weighted by molar-refractivity contribution is 5.98. The van der Waals surface area contributed by atoms with E-state index in [0.29, 0.717) is 5.71 Å². The molecule has 0 aromatic carbocycles. The van der Waals surface area contributed by atoms with Crippen molar-refractivity contribution in [2.75, 3.05) is 0 Å². The first-order chi connectivity index (χ1) is 12.4. The summed E-state index contributed by atoms with van der Waals surface area (Å²) in [7, 11) is 0. The van der Waals surface area contributed by atoms with E-state index in [1.54, 1.807) is 6.20 Å². The van der Waals surface area contributed by atoms with Gasteiger partial charge in [0.1, 0.15) is 5.71 Å². The molecular weight excluding hydrogens is 308 g/mol. The molecule has 0 aliphatic rings. The van der Waals surface area contributed by atoms with E-state index in [2.05, 4.69) is 17.1 Å². The normalized spacial score (nSPS) is 11.8. The van der Waals surface area contributed by atoms with Crippen LogP contribution in [0.1, 0.15) is 109 Å². The molecule has 0 amide bonds. The molecule has 1 heterocycles. The lowest BCUT2D eigenvalue weighted by Crippen LogP contribution is -2.03. The Labute approximate surface area is 154 Å². The van der Waals surface area contributed by atoms with E-state index in [-0.39, 0.29) is 0 Å². The van der Waals surface area contributed by atoms with Crippen molar-refractivity contribution in [3.8, 4) is 0 Å². The third-order valence-corrected chi connectivity index (χ3v) is 4.85. The van der Waals surface area contributed by atoms with Crippen LogP contribution in [0.15, 0.2) is 29.6 Å². The molecule has 0 saturated heterocycles. The van der Waals surface area contributed by atoms with Crippen molar-refractivity contribution in [2.45, 2.75) is 103 Å². The maximum Gasteiger partial charge on any atom is 0.105 e. The number of rotatable bonds is 16. The summed E-state index contributed by atoms with van der Waals surface area (Å²) in [6.07, 6.45) is 21.6. The zero-order valence-corrected chi connectivity index (χ0v) is 16.3. The first-order valence-corrected chi connectivity index (χ1v) is 10.5. The van der Waals surface area contributed by atoms with Gasteiger partial charge in [-0.25, -0.2) is 0 Å². The molecule has 1 aromatic heterocycles. The second-order valence-corrected chi connectivity index (χ2v) is 7.11. The van der Waals surface area contributed by atoms with E-state index in [1.807, 2.05) is 18.2 Å². The topological polar surface area (TPSA) is 45.5 Å². The van der Waals surface area contributed by atoms with Gasteiger partial charge in [-0.2, -0.15) is 0 Å². The Bertz CT molecular complexity index is 431. The highest BCUT2D eigenvalue weighted by Crippen LogP contribution is 2.14. The maximum absolute atomic E-state index is 9.13. The van der Waals surface area contributed by atoms with Crippen LogP contribution in [0.25, 0.3) is 0 Å². The quantitative estimate of drug-likeness (QED) is 0.150. The van der Waals surface area contributed by atoms with E-state index in [9.17, 15) is 0 Å². The fraction of sp³-hybridized carbons (Fsp3) is 0.727. The van der Waals surface area contributed by atoms with E-state index in [4.69, 9.17) is 5.21 Å². The molecule has 0 fully saturated rings. The zero-order chi connectivity index (χ0) is 18.0. The van der Waals surface area contributed by atoms with Crippen molar-refractivity contribution in [3.05, 3.63) is 30.1 Å². The number of pyridine rings is 1. The van der Waals surface area contributed by atoms with Crippen LogP contribution in [0.5, 0.6) is 0 Å². The van der Waals surface area contributed by atoms with Crippen LogP contribution in [0.4, 0.5) is 0 Å². The number of aromatic nitrogens is 1. The Kier molecular flexibility index (Phi) is 14.0. The van der Waals surface area contributed by atoms with Gasteiger partial charge in [-0.15, -0.1) is 0 Å². The van der Waals surface area contributed by atoms with Crippen molar-refractivity contribution in [1.82, 2.24) is 4.98 Å². The number of hydrogen-bond donors (Lipinski definition) is 1. The van der Waals surface area contributed by atoms with Gasteiger partial charge in [-0.1, -0.05) is 102 Å². The van der Waals surface area contributed by atoms with Crippen molar-refractivity contribution >= 4 is 5.71 Å². The van der Waals surface area contributed by atoms with Crippen LogP contribution in [0.3, 0.4) is 0 Å². The van der Waals surface area contributed by atoms with Gasteiger partial charge >= 0.3 is 0 Å². The molecule has 1 N–H and O–H groups in total. The van der Waals surface area contributed by atoms with E-state index >= 15 is 0 Å². The van der Waals surface area contributed by atoms with Crippen molar-refractivity contribution < 1.29 is 5.21 Å². The fourth-order valence-electron chi connectivity index (χ4n) is 3.25. The summed E-state index contributed by atoms with van der Waals surface area (Å²) in [5.41, 5.74) is 1.50. The minimum atomic E-state index is 0.708. The predicted octanol–water partition coefficient (Wildman–Crippen LogP) is 7.13. The fourth-order valence-corrected chi connectivity index (χ4v) is 3.25. The van der Waals surface area contributed by atoms with Gasteiger partial charge < -0.3 is 5.21 Å². The SMILES string of the molecule is CCCCCCCCCCCCCCCCC(=NO)c1ccccn1. The zero-order valence-electron chi connectivity index (χ0n) is 16.3. The average molecular weight is 347 g/mol. The van der Waals surface area contributed by atoms with Crippen LogP contribution in [-0.4, -0.2) is 15.9 Å². The molecule has 0 radical (unpaired) electrons. The molecule has 25 heavy (non-hydrogen) atoms. The minimum absolute atomic E-state index is 0.708. The molecule has 0 aliphatic heterocycles. The van der Waals surface area contributed by atoms with Crippen LogP contribution < -0.4 is 0 Å². The molecule has 142 valence electrons. The van der Waals surface area contributed by atoms with Gasteiger partial charge in [0.25, 0.3) is 0 Å². The second-order valence-electron chi connectivity index (χ2n) is 7.11. The second kappa shape index (κ2) is 16.1. The van der Waals surface area contributed by atoms with Gasteiger partial charge in [0.2, 0.25) is 0 Å². The minimum Gasteiger partial charge on any atom is -0.411 e. The van der Waals surface area contributed by atoms with E-state index < -0.39 is 0 Å². The highest BCUT2D eigenvalue weighted by atomic mass is 16.4. The van der Waals surface area contributed by atoms with Crippen molar-refractivity contribution in [2.24, 2.45) is 5.16 Å². The summed E-state index contributed by atoms with van der Waals surface area (Å²) < 4.78 is 0. The molecule has 3 heteroatoms. The maximum atomic E-state index is 9.13. The molecule has 0 unspecified atom stereocenters. The monoisotopic (exact) mass is 346 g/mol. The number of oxime groups is 1. The third-order valence-electron chi connectivity index (χ3n) is 4.85. The molecule has 0 bridgehead atoms. The summed E-state index contributed by atoms with van der Waals surface area (Å²) >= 11 is 0. The van der Waals surface area contributed by atoms with Crippen LogP contribution >= 0.6 is 0 Å². The Morgan fingerprint density at radius 1 is 0.800 bits per heavy atom. The molecule has 3 nitrogen and oxygen atoms in total. The Hall–Kier alpha value is -1.38. The van der Waals surface area contributed by atoms with Gasteiger partial charge in [0.15, 0.2) is 0 Å². The molecule has 0 spiro atoms. The number of hydrogen-bond acceptors (Lipinski definition) is 3. The summed E-state index contributed by atoms with van der Waals surface area (Å²) in [6, 6.07) is 5.71. The summed E-state index contributed by atoms with van der Waals surface area (Å²) in [5, 5.41) is 12.5. The number of unbranched alkanes of at least 4 members (excludes halogenated alkanes) is 13. The van der Waals surface area contributed by atoms with Crippen LogP contribution in [-0.2, 0) is 0 Å². The van der Waals surface area contributed by atoms with Gasteiger partial charge in [-0.3, -0.25) is 4.98 Å². The molecule has 0 saturated carbocycles. The molecule has 1 rings (SSSR count). The van der Waals surface area contributed by atoms with Crippen LogP contribution in [0.2, 0.25) is 0 Å². The standard InChI is InChI=1S/C22H38N2O/c1-2-3-4-5-6-7-8-9-10-11-12-13-14-15-19-22(24-25)21-18-16-17-20-23-21/h16-18,20,25H,2-15,19H2,1H3. The Balaban J connectivity index is 1.87. The lowest BCUT2D eigenvalue weighted by atomic mass is 10.0. The molecule has 0 atom stereocenters. The first kappa shape index (κ1) is 21.7. The van der Waals surface area contributed by atoms with Crippen LogP contribution in [0, 0.1) is 0 Å².